The molecule has 1 aliphatic rings. The Morgan fingerprint density at radius 1 is 1.64 bits per heavy atom. The molecule has 0 bridgehead atoms. The summed E-state index contributed by atoms with van der Waals surface area (Å²) in [4.78, 5) is 2.00. The summed E-state index contributed by atoms with van der Waals surface area (Å²) in [5.41, 5.74) is 4.19. The Morgan fingerprint density at radius 3 is 2.64 bits per heavy atom. The molecular formula is C7H16ClFN2. The highest BCUT2D eigenvalue weighted by molar-refractivity contribution is 5.85. The second-order valence-electron chi connectivity index (χ2n) is 3.20. The van der Waals surface area contributed by atoms with Crippen LogP contribution in [0, 0.1) is 0 Å². The molecule has 1 atom stereocenters. The van der Waals surface area contributed by atoms with Crippen molar-refractivity contribution in [2.24, 2.45) is 5.73 Å². The van der Waals surface area contributed by atoms with Gasteiger partial charge in [-0.15, -0.1) is 12.4 Å². The maximum atomic E-state index is 13.4. The number of rotatable bonds is 1. The predicted molar refractivity (Wildman–Crippen MR) is 46.9 cm³/mol. The van der Waals surface area contributed by atoms with Crippen molar-refractivity contribution in [1.29, 1.82) is 0 Å². The Labute approximate surface area is 73.3 Å². The molecule has 1 unspecified atom stereocenters. The lowest BCUT2D eigenvalue weighted by molar-refractivity contribution is 0.0665. The van der Waals surface area contributed by atoms with E-state index in [1.807, 2.05) is 11.9 Å². The van der Waals surface area contributed by atoms with E-state index in [1.165, 1.54) is 0 Å². The molecule has 1 aliphatic heterocycles. The lowest BCUT2D eigenvalue weighted by Gasteiger charge is -2.34. The van der Waals surface area contributed by atoms with Crippen LogP contribution in [0.3, 0.4) is 0 Å². The summed E-state index contributed by atoms with van der Waals surface area (Å²) in [6, 6.07) is 0. The van der Waals surface area contributed by atoms with Gasteiger partial charge >= 0.3 is 0 Å². The summed E-state index contributed by atoms with van der Waals surface area (Å²) >= 11 is 0. The SMILES string of the molecule is CN1CCCC(F)(CN)C1.Cl. The van der Waals surface area contributed by atoms with E-state index in [9.17, 15) is 4.39 Å². The molecule has 0 amide bonds. The van der Waals surface area contributed by atoms with Gasteiger partial charge in [-0.2, -0.15) is 0 Å². The quantitative estimate of drug-likeness (QED) is 0.650. The molecule has 1 fully saturated rings. The van der Waals surface area contributed by atoms with Gasteiger partial charge in [-0.05, 0) is 26.4 Å². The molecule has 11 heavy (non-hydrogen) atoms. The first kappa shape index (κ1) is 11.1. The van der Waals surface area contributed by atoms with Gasteiger partial charge in [-0.3, -0.25) is 0 Å². The number of halogens is 2. The second kappa shape index (κ2) is 4.24. The Kier molecular flexibility index (Phi) is 4.29. The Bertz CT molecular complexity index is 123. The lowest BCUT2D eigenvalue weighted by atomic mass is 9.95. The first-order chi connectivity index (χ1) is 4.66. The van der Waals surface area contributed by atoms with Crippen LogP contribution in [0.2, 0.25) is 0 Å². The van der Waals surface area contributed by atoms with E-state index in [2.05, 4.69) is 0 Å². The number of hydrogen-bond donors (Lipinski definition) is 1. The third kappa shape index (κ3) is 2.93. The summed E-state index contributed by atoms with van der Waals surface area (Å²) in [7, 11) is 1.93. The molecule has 2 N–H and O–H groups in total. The van der Waals surface area contributed by atoms with Gasteiger partial charge in [0.2, 0.25) is 0 Å². The maximum Gasteiger partial charge on any atom is 0.135 e. The normalized spacial score (nSPS) is 33.0. The average Bonchev–Trinajstić information content (AvgIpc) is 1.88. The summed E-state index contributed by atoms with van der Waals surface area (Å²) in [6.07, 6.45) is 1.57. The summed E-state index contributed by atoms with van der Waals surface area (Å²) < 4.78 is 13.4. The Hall–Kier alpha value is 0.140. The standard InChI is InChI=1S/C7H15FN2.ClH/c1-10-4-2-3-7(8,5-9)6-10;/h2-6,9H2,1H3;1H. The number of nitrogens with zero attached hydrogens (tertiary/aromatic N) is 1. The van der Waals surface area contributed by atoms with E-state index in [1.54, 1.807) is 0 Å². The molecule has 1 rings (SSSR count). The van der Waals surface area contributed by atoms with Gasteiger partial charge in [0.05, 0.1) is 0 Å². The van der Waals surface area contributed by atoms with E-state index in [-0.39, 0.29) is 19.0 Å². The molecular weight excluding hydrogens is 167 g/mol. The van der Waals surface area contributed by atoms with Crippen molar-refractivity contribution in [3.63, 3.8) is 0 Å². The fourth-order valence-electron chi connectivity index (χ4n) is 1.47. The zero-order chi connectivity index (χ0) is 7.61. The van der Waals surface area contributed by atoms with Crippen LogP contribution in [0.4, 0.5) is 4.39 Å². The molecule has 1 heterocycles. The topological polar surface area (TPSA) is 29.3 Å². The minimum absolute atomic E-state index is 0. The molecule has 0 aromatic heterocycles. The number of nitrogens with two attached hydrogens (primary N) is 1. The number of hydrogen-bond acceptors (Lipinski definition) is 2. The van der Waals surface area contributed by atoms with Crippen molar-refractivity contribution in [1.82, 2.24) is 4.90 Å². The first-order valence-corrected chi connectivity index (χ1v) is 3.74. The molecule has 4 heteroatoms. The van der Waals surface area contributed by atoms with Crippen LogP contribution in [0.15, 0.2) is 0 Å². The third-order valence-corrected chi connectivity index (χ3v) is 2.08. The molecule has 0 aromatic rings. The minimum atomic E-state index is -1.10. The van der Waals surface area contributed by atoms with E-state index in [0.717, 1.165) is 13.0 Å². The van der Waals surface area contributed by atoms with Crippen LogP contribution in [-0.2, 0) is 0 Å². The number of likely N-dealkylation sites (tertiary alicyclic amines) is 1. The molecule has 0 spiro atoms. The number of alkyl halides is 1. The van der Waals surface area contributed by atoms with Gasteiger partial charge in [0.1, 0.15) is 5.67 Å². The third-order valence-electron chi connectivity index (χ3n) is 2.08. The minimum Gasteiger partial charge on any atom is -0.327 e. The molecule has 0 aliphatic carbocycles. The van der Waals surface area contributed by atoms with E-state index in [4.69, 9.17) is 5.73 Å². The van der Waals surface area contributed by atoms with E-state index in [0.29, 0.717) is 13.0 Å². The molecule has 68 valence electrons. The van der Waals surface area contributed by atoms with E-state index >= 15 is 0 Å². The summed E-state index contributed by atoms with van der Waals surface area (Å²) in [5.74, 6) is 0. The van der Waals surface area contributed by atoms with Gasteiger partial charge in [-0.25, -0.2) is 4.39 Å². The lowest BCUT2D eigenvalue weighted by Crippen LogP contribution is -2.47. The van der Waals surface area contributed by atoms with Crippen LogP contribution in [0.1, 0.15) is 12.8 Å². The van der Waals surface area contributed by atoms with Crippen LogP contribution in [-0.4, -0.2) is 37.3 Å². The fraction of sp³-hybridized carbons (Fsp3) is 1.00. The summed E-state index contributed by atoms with van der Waals surface area (Å²) in [6.45, 7) is 1.67. The van der Waals surface area contributed by atoms with Gasteiger partial charge in [0.25, 0.3) is 0 Å². The van der Waals surface area contributed by atoms with Crippen molar-refractivity contribution in [2.75, 3.05) is 26.7 Å². The zero-order valence-electron chi connectivity index (χ0n) is 6.85. The van der Waals surface area contributed by atoms with Gasteiger partial charge in [0.15, 0.2) is 0 Å². The highest BCUT2D eigenvalue weighted by Crippen LogP contribution is 2.22. The Morgan fingerprint density at radius 2 is 2.27 bits per heavy atom. The van der Waals surface area contributed by atoms with E-state index < -0.39 is 5.67 Å². The monoisotopic (exact) mass is 182 g/mol. The molecule has 0 saturated carbocycles. The summed E-state index contributed by atoms with van der Waals surface area (Å²) in [5, 5.41) is 0. The smallest absolute Gasteiger partial charge is 0.135 e. The van der Waals surface area contributed by atoms with Crippen LogP contribution < -0.4 is 5.73 Å². The van der Waals surface area contributed by atoms with Gasteiger partial charge < -0.3 is 10.6 Å². The largest absolute Gasteiger partial charge is 0.327 e. The number of piperidine rings is 1. The van der Waals surface area contributed by atoms with Gasteiger partial charge in [0, 0.05) is 13.1 Å². The van der Waals surface area contributed by atoms with Crippen molar-refractivity contribution in [3.8, 4) is 0 Å². The zero-order valence-corrected chi connectivity index (χ0v) is 7.66. The molecule has 2 nitrogen and oxygen atoms in total. The van der Waals surface area contributed by atoms with Crippen LogP contribution in [0.25, 0.3) is 0 Å². The van der Waals surface area contributed by atoms with Crippen molar-refractivity contribution < 1.29 is 4.39 Å². The Balaban J connectivity index is 0.000001000. The molecule has 0 aromatic carbocycles. The maximum absolute atomic E-state index is 13.4. The van der Waals surface area contributed by atoms with Gasteiger partial charge in [-0.1, -0.05) is 0 Å². The first-order valence-electron chi connectivity index (χ1n) is 3.74. The average molecular weight is 183 g/mol. The van der Waals surface area contributed by atoms with Crippen LogP contribution >= 0.6 is 12.4 Å². The van der Waals surface area contributed by atoms with Crippen molar-refractivity contribution in [3.05, 3.63) is 0 Å². The predicted octanol–water partition coefficient (Wildman–Crippen LogP) is 0.801. The second-order valence-corrected chi connectivity index (χ2v) is 3.20. The van der Waals surface area contributed by atoms with Crippen LogP contribution in [0.5, 0.6) is 0 Å². The fourth-order valence-corrected chi connectivity index (χ4v) is 1.47. The molecule has 0 radical (unpaired) electrons. The van der Waals surface area contributed by atoms with Crippen molar-refractivity contribution >= 4 is 12.4 Å². The highest BCUT2D eigenvalue weighted by Gasteiger charge is 2.32. The molecule has 1 saturated heterocycles. The van der Waals surface area contributed by atoms with Crippen molar-refractivity contribution in [2.45, 2.75) is 18.5 Å². The highest BCUT2D eigenvalue weighted by atomic mass is 35.5.